The number of fused-ring (bicyclic) bond motifs is 2. The summed E-state index contributed by atoms with van der Waals surface area (Å²) in [7, 11) is -4.87. The summed E-state index contributed by atoms with van der Waals surface area (Å²) in [6, 6.07) is 9.55. The van der Waals surface area contributed by atoms with Gasteiger partial charge in [0, 0.05) is 19.1 Å². The molecule has 5 atom stereocenters. The van der Waals surface area contributed by atoms with E-state index in [0.29, 0.717) is 0 Å². The van der Waals surface area contributed by atoms with Crippen LogP contribution in [0, 0.1) is 5.92 Å². The van der Waals surface area contributed by atoms with Crippen LogP contribution < -0.4 is 8.92 Å². The van der Waals surface area contributed by atoms with Gasteiger partial charge < -0.3 is 32.6 Å². The lowest BCUT2D eigenvalue weighted by molar-refractivity contribution is -0.154. The van der Waals surface area contributed by atoms with Gasteiger partial charge in [0.25, 0.3) is 0 Å². The number of carbonyl (C=O) groups excluding carboxylic acids is 2. The molecule has 0 aromatic heterocycles. The highest BCUT2D eigenvalue weighted by Crippen LogP contribution is 2.38. The van der Waals surface area contributed by atoms with E-state index in [0.717, 1.165) is 18.2 Å². The number of hydrogen-bond donors (Lipinski definition) is 0. The van der Waals surface area contributed by atoms with E-state index < -0.39 is 87.8 Å². The Morgan fingerprint density at radius 3 is 2.42 bits per heavy atom. The van der Waals surface area contributed by atoms with Crippen molar-refractivity contribution in [1.29, 1.82) is 0 Å². The van der Waals surface area contributed by atoms with Crippen LogP contribution in [0.5, 0.6) is 11.5 Å². The number of esters is 2. The van der Waals surface area contributed by atoms with Crippen molar-refractivity contribution < 1.29 is 68.2 Å². The number of cyclic esters (lactones) is 1. The van der Waals surface area contributed by atoms with Crippen LogP contribution in [0.3, 0.4) is 0 Å². The van der Waals surface area contributed by atoms with Crippen LogP contribution in [0.2, 0.25) is 0 Å². The van der Waals surface area contributed by atoms with Gasteiger partial charge in [0.1, 0.15) is 35.1 Å². The first-order valence-corrected chi connectivity index (χ1v) is 16.0. The SMILES string of the molecule is COCOc1cc(OS(=O)(=O)C(F)(F)F)cc2c1C(=O)O[C@@H](C)[C@H](C)/C=C(/F)C(OC(=O)c1ccccc1)C1OC(C)(C)OC1C/C=C/2. The lowest BCUT2D eigenvalue weighted by atomic mass is 9.98. The highest BCUT2D eigenvalue weighted by atomic mass is 32.2. The normalized spacial score (nSPS) is 26.5. The van der Waals surface area contributed by atoms with Gasteiger partial charge in [-0.25, -0.2) is 14.0 Å². The van der Waals surface area contributed by atoms with Crippen molar-refractivity contribution in [2.75, 3.05) is 13.9 Å². The summed E-state index contributed by atoms with van der Waals surface area (Å²) in [5.41, 5.74) is -6.06. The Morgan fingerprint density at radius 1 is 1.08 bits per heavy atom. The lowest BCUT2D eigenvalue weighted by Gasteiger charge is -2.27. The largest absolute Gasteiger partial charge is 0.534 e. The number of methoxy groups -OCH3 is 1. The number of halogens is 4. The molecule has 2 aromatic rings. The fraction of sp³-hybridized carbons (Fsp3) is 0.438. The molecule has 2 heterocycles. The van der Waals surface area contributed by atoms with E-state index in [1.165, 1.54) is 45.2 Å². The van der Waals surface area contributed by atoms with Crippen molar-refractivity contribution >= 4 is 28.1 Å². The molecule has 2 aliphatic rings. The molecule has 0 N–H and O–H groups in total. The van der Waals surface area contributed by atoms with Gasteiger partial charge in [-0.15, -0.1) is 0 Å². The summed E-state index contributed by atoms with van der Waals surface area (Å²) in [5.74, 6) is -6.10. The Labute approximate surface area is 274 Å². The Balaban J connectivity index is 1.82. The second kappa shape index (κ2) is 14.6. The molecule has 0 saturated carbocycles. The molecule has 0 amide bonds. The van der Waals surface area contributed by atoms with Crippen molar-refractivity contribution in [2.24, 2.45) is 5.92 Å². The molecule has 16 heteroatoms. The molecule has 11 nitrogen and oxygen atoms in total. The third kappa shape index (κ3) is 8.72. The molecule has 0 spiro atoms. The van der Waals surface area contributed by atoms with Gasteiger partial charge in [-0.2, -0.15) is 21.6 Å². The fourth-order valence-electron chi connectivity index (χ4n) is 4.90. The molecule has 0 aliphatic carbocycles. The fourth-order valence-corrected chi connectivity index (χ4v) is 5.35. The molecule has 4 rings (SSSR count). The Kier molecular flexibility index (Phi) is 11.2. The Morgan fingerprint density at radius 2 is 1.77 bits per heavy atom. The van der Waals surface area contributed by atoms with Gasteiger partial charge in [0.05, 0.1) is 11.7 Å². The highest BCUT2D eigenvalue weighted by molar-refractivity contribution is 7.88. The second-order valence-corrected chi connectivity index (χ2v) is 12.9. The van der Waals surface area contributed by atoms with Gasteiger partial charge in [-0.1, -0.05) is 37.3 Å². The van der Waals surface area contributed by atoms with E-state index in [-0.39, 0.29) is 23.1 Å². The van der Waals surface area contributed by atoms with Crippen LogP contribution in [-0.4, -0.2) is 70.0 Å². The summed E-state index contributed by atoms with van der Waals surface area (Å²) in [6.07, 6.45) is -1.02. The zero-order valence-electron chi connectivity index (χ0n) is 26.5. The number of alkyl halides is 3. The molecule has 48 heavy (non-hydrogen) atoms. The van der Waals surface area contributed by atoms with Crippen molar-refractivity contribution in [3.8, 4) is 11.5 Å². The smallest absolute Gasteiger partial charge is 0.466 e. The first kappa shape index (κ1) is 36.8. The summed E-state index contributed by atoms with van der Waals surface area (Å²) >= 11 is 0. The van der Waals surface area contributed by atoms with Gasteiger partial charge in [-0.05, 0) is 57.0 Å². The average molecular weight is 703 g/mol. The molecule has 262 valence electrons. The molecular weight excluding hydrogens is 668 g/mol. The maximum Gasteiger partial charge on any atom is 0.534 e. The minimum atomic E-state index is -6.11. The monoisotopic (exact) mass is 702 g/mol. The third-order valence-corrected chi connectivity index (χ3v) is 8.27. The predicted octanol–water partition coefficient (Wildman–Crippen LogP) is 6.10. The van der Waals surface area contributed by atoms with Crippen LogP contribution in [0.4, 0.5) is 17.6 Å². The van der Waals surface area contributed by atoms with E-state index in [9.17, 15) is 31.2 Å². The molecule has 2 aliphatic heterocycles. The molecule has 1 saturated heterocycles. The van der Waals surface area contributed by atoms with Crippen LogP contribution in [-0.2, 0) is 33.8 Å². The van der Waals surface area contributed by atoms with Crippen molar-refractivity contribution in [1.82, 2.24) is 0 Å². The Hall–Kier alpha value is -3.99. The summed E-state index contributed by atoms with van der Waals surface area (Å²) in [4.78, 5) is 26.6. The lowest BCUT2D eigenvalue weighted by Crippen LogP contribution is -2.39. The number of rotatable bonds is 7. The second-order valence-electron chi connectivity index (χ2n) is 11.4. The van der Waals surface area contributed by atoms with E-state index in [1.807, 2.05) is 0 Å². The van der Waals surface area contributed by atoms with Gasteiger partial charge in [0.15, 0.2) is 18.7 Å². The van der Waals surface area contributed by atoms with Gasteiger partial charge in [-0.3, -0.25) is 0 Å². The minimum Gasteiger partial charge on any atom is -0.466 e. The summed E-state index contributed by atoms with van der Waals surface area (Å²) in [6.45, 7) is 5.65. The van der Waals surface area contributed by atoms with E-state index in [4.69, 9.17) is 28.4 Å². The number of hydrogen-bond acceptors (Lipinski definition) is 11. The van der Waals surface area contributed by atoms with Crippen LogP contribution in [0.1, 0.15) is 60.4 Å². The topological polar surface area (TPSA) is 133 Å². The number of ether oxygens (including phenoxy) is 6. The molecular formula is C32H34F4O11S. The van der Waals surface area contributed by atoms with Crippen molar-refractivity contribution in [2.45, 2.75) is 69.8 Å². The molecule has 0 bridgehead atoms. The summed E-state index contributed by atoms with van der Waals surface area (Å²) in [5, 5.41) is 0. The highest BCUT2D eigenvalue weighted by Gasteiger charge is 2.49. The van der Waals surface area contributed by atoms with E-state index >= 15 is 4.39 Å². The Bertz CT molecular complexity index is 1660. The van der Waals surface area contributed by atoms with Crippen LogP contribution >= 0.6 is 0 Å². The maximum absolute atomic E-state index is 16.1. The minimum absolute atomic E-state index is 0.0681. The molecule has 2 aromatic carbocycles. The average Bonchev–Trinajstić information content (AvgIpc) is 3.30. The van der Waals surface area contributed by atoms with Gasteiger partial charge in [0.2, 0.25) is 0 Å². The summed E-state index contributed by atoms with van der Waals surface area (Å²) < 4.78 is 117. The zero-order valence-corrected chi connectivity index (χ0v) is 27.3. The van der Waals surface area contributed by atoms with Crippen LogP contribution in [0.25, 0.3) is 6.08 Å². The quantitative estimate of drug-likeness (QED) is 0.109. The maximum atomic E-state index is 16.1. The number of benzene rings is 2. The molecule has 1 fully saturated rings. The van der Waals surface area contributed by atoms with Crippen LogP contribution in [0.15, 0.2) is 60.4 Å². The predicted molar refractivity (Wildman–Crippen MR) is 161 cm³/mol. The standard InChI is InChI=1S/C32H34F4O11S/c1-18-14-23(33)27(44-29(37)20-10-7-6-8-11-20)28-24(45-31(3,4)46-28)13-9-12-21-15-22(47-48(39,40)32(34,35)36)16-25(42-17-41-5)26(21)30(38)43-19(18)2/h6-12,14-16,18-19,24,27-28H,13,17H2,1-5H3/b12-9+,23-14+/t18-,19+,24?,27?,28?/m1/s1. The zero-order chi connectivity index (χ0) is 35.4. The van der Waals surface area contributed by atoms with Crippen molar-refractivity contribution in [3.63, 3.8) is 0 Å². The first-order chi connectivity index (χ1) is 22.4. The van der Waals surface area contributed by atoms with Gasteiger partial charge >= 0.3 is 27.6 Å². The number of carbonyl (C=O) groups is 2. The first-order valence-electron chi connectivity index (χ1n) is 14.6. The van der Waals surface area contributed by atoms with E-state index in [1.54, 1.807) is 32.0 Å². The molecule has 3 unspecified atom stereocenters. The van der Waals surface area contributed by atoms with E-state index in [2.05, 4.69) is 4.18 Å². The van der Waals surface area contributed by atoms with Crippen molar-refractivity contribution in [3.05, 3.63) is 77.1 Å². The third-order valence-electron chi connectivity index (χ3n) is 7.29. The molecule has 0 radical (unpaired) electrons.